The van der Waals surface area contributed by atoms with E-state index in [9.17, 15) is 14.4 Å². The van der Waals surface area contributed by atoms with Crippen molar-refractivity contribution < 1.29 is 9.59 Å². The number of anilines is 2. The fraction of sp³-hybridized carbons (Fsp3) is 0.350. The van der Waals surface area contributed by atoms with E-state index in [1.165, 1.54) is 4.57 Å². The predicted molar refractivity (Wildman–Crippen MR) is 105 cm³/mol. The van der Waals surface area contributed by atoms with Crippen molar-refractivity contribution in [3.05, 3.63) is 58.5 Å². The minimum Gasteiger partial charge on any atom is -0.352 e. The first kappa shape index (κ1) is 18.7. The van der Waals surface area contributed by atoms with E-state index in [1.807, 2.05) is 6.07 Å². The SMILES string of the molecule is Cc1ccc(NC(=O)Nc2ccccc2)c(=O)n1CC(=O)NC1CCCC1. The molecule has 1 aromatic heterocycles. The zero-order valence-electron chi connectivity index (χ0n) is 15.3. The van der Waals surface area contributed by atoms with Crippen LogP contribution in [0.2, 0.25) is 0 Å². The van der Waals surface area contributed by atoms with Crippen LogP contribution in [0.15, 0.2) is 47.3 Å². The number of urea groups is 1. The van der Waals surface area contributed by atoms with Crippen molar-refractivity contribution in [3.8, 4) is 0 Å². The third-order valence-electron chi connectivity index (χ3n) is 4.69. The lowest BCUT2D eigenvalue weighted by atomic mass is 10.2. The number of nitrogens with one attached hydrogen (secondary N) is 3. The van der Waals surface area contributed by atoms with Gasteiger partial charge < -0.3 is 20.5 Å². The third-order valence-corrected chi connectivity index (χ3v) is 4.69. The van der Waals surface area contributed by atoms with Crippen molar-refractivity contribution in [2.75, 3.05) is 10.6 Å². The summed E-state index contributed by atoms with van der Waals surface area (Å²) in [7, 11) is 0. The van der Waals surface area contributed by atoms with Crippen LogP contribution in [-0.4, -0.2) is 22.5 Å². The van der Waals surface area contributed by atoms with Crippen LogP contribution in [-0.2, 0) is 11.3 Å². The van der Waals surface area contributed by atoms with Gasteiger partial charge in [-0.1, -0.05) is 31.0 Å². The lowest BCUT2D eigenvalue weighted by Crippen LogP contribution is -2.38. The topological polar surface area (TPSA) is 92.2 Å². The molecule has 3 amide bonds. The summed E-state index contributed by atoms with van der Waals surface area (Å²) >= 11 is 0. The molecule has 3 N–H and O–H groups in total. The van der Waals surface area contributed by atoms with Crippen LogP contribution in [0.5, 0.6) is 0 Å². The first-order valence-electron chi connectivity index (χ1n) is 9.16. The number of hydrogen-bond acceptors (Lipinski definition) is 3. The number of benzene rings is 1. The van der Waals surface area contributed by atoms with Gasteiger partial charge in [0.1, 0.15) is 12.2 Å². The Bertz CT molecular complexity index is 871. The molecule has 142 valence electrons. The van der Waals surface area contributed by atoms with Gasteiger partial charge in [-0.05, 0) is 44.0 Å². The van der Waals surface area contributed by atoms with Crippen LogP contribution < -0.4 is 21.5 Å². The number of hydrogen-bond donors (Lipinski definition) is 3. The Morgan fingerprint density at radius 2 is 1.74 bits per heavy atom. The fourth-order valence-electron chi connectivity index (χ4n) is 3.26. The number of rotatable bonds is 5. The van der Waals surface area contributed by atoms with Gasteiger partial charge in [-0.3, -0.25) is 9.59 Å². The smallest absolute Gasteiger partial charge is 0.323 e. The van der Waals surface area contributed by atoms with E-state index in [0.29, 0.717) is 11.4 Å². The van der Waals surface area contributed by atoms with E-state index in [2.05, 4.69) is 16.0 Å². The highest BCUT2D eigenvalue weighted by atomic mass is 16.2. The molecule has 0 aliphatic heterocycles. The molecule has 1 aliphatic rings. The first-order valence-corrected chi connectivity index (χ1v) is 9.16. The number of pyridine rings is 1. The molecule has 1 heterocycles. The van der Waals surface area contributed by atoms with Crippen molar-refractivity contribution in [1.29, 1.82) is 0 Å². The van der Waals surface area contributed by atoms with Gasteiger partial charge in [-0.2, -0.15) is 0 Å². The van der Waals surface area contributed by atoms with Gasteiger partial charge in [-0.15, -0.1) is 0 Å². The zero-order chi connectivity index (χ0) is 19.2. The number of para-hydroxylation sites is 1. The van der Waals surface area contributed by atoms with Gasteiger partial charge in [-0.25, -0.2) is 4.79 Å². The Morgan fingerprint density at radius 3 is 2.44 bits per heavy atom. The average Bonchev–Trinajstić information content (AvgIpc) is 3.15. The lowest BCUT2D eigenvalue weighted by Gasteiger charge is -2.15. The molecule has 3 rings (SSSR count). The summed E-state index contributed by atoms with van der Waals surface area (Å²) in [5, 5.41) is 8.20. The van der Waals surface area contributed by atoms with E-state index in [-0.39, 0.29) is 24.2 Å². The molecule has 1 aliphatic carbocycles. The summed E-state index contributed by atoms with van der Waals surface area (Å²) < 4.78 is 1.38. The normalized spacial score (nSPS) is 14.0. The quantitative estimate of drug-likeness (QED) is 0.758. The maximum Gasteiger partial charge on any atom is 0.323 e. The maximum absolute atomic E-state index is 12.7. The van der Waals surface area contributed by atoms with Crippen molar-refractivity contribution in [3.63, 3.8) is 0 Å². The van der Waals surface area contributed by atoms with Crippen molar-refractivity contribution in [2.45, 2.75) is 45.2 Å². The summed E-state index contributed by atoms with van der Waals surface area (Å²) in [6.07, 6.45) is 4.22. The number of aryl methyl sites for hydroxylation is 1. The number of amides is 3. The standard InChI is InChI=1S/C20H24N4O3/c1-14-11-12-17(23-20(27)22-16-7-3-2-4-8-16)19(26)24(14)13-18(25)21-15-9-5-6-10-15/h2-4,7-8,11-12,15H,5-6,9-10,13H2,1H3,(H,21,25)(H2,22,23,27). The van der Waals surface area contributed by atoms with Crippen LogP contribution >= 0.6 is 0 Å². The number of aromatic nitrogens is 1. The predicted octanol–water partition coefficient (Wildman–Crippen LogP) is 2.86. The summed E-state index contributed by atoms with van der Waals surface area (Å²) in [5.74, 6) is -0.182. The van der Waals surface area contributed by atoms with Crippen molar-refractivity contribution in [2.24, 2.45) is 0 Å². The number of carbonyl (C=O) groups excluding carboxylic acids is 2. The zero-order valence-corrected chi connectivity index (χ0v) is 15.3. The molecular weight excluding hydrogens is 344 g/mol. The Morgan fingerprint density at radius 1 is 1.04 bits per heavy atom. The highest BCUT2D eigenvalue weighted by Crippen LogP contribution is 2.17. The molecule has 0 bridgehead atoms. The minimum absolute atomic E-state index is 0.0585. The second-order valence-corrected chi connectivity index (χ2v) is 6.77. The summed E-state index contributed by atoms with van der Waals surface area (Å²) in [4.78, 5) is 37.1. The number of carbonyl (C=O) groups is 2. The highest BCUT2D eigenvalue weighted by Gasteiger charge is 2.18. The highest BCUT2D eigenvalue weighted by molar-refractivity contribution is 5.99. The second kappa shape index (κ2) is 8.53. The Labute approximate surface area is 157 Å². The van der Waals surface area contributed by atoms with Crippen LogP contribution in [0, 0.1) is 6.92 Å². The Hall–Kier alpha value is -3.09. The molecule has 0 unspecified atom stereocenters. The van der Waals surface area contributed by atoms with Gasteiger partial charge >= 0.3 is 6.03 Å². The van der Waals surface area contributed by atoms with Crippen LogP contribution in [0.3, 0.4) is 0 Å². The molecule has 27 heavy (non-hydrogen) atoms. The van der Waals surface area contributed by atoms with E-state index in [0.717, 1.165) is 25.7 Å². The van der Waals surface area contributed by atoms with Crippen molar-refractivity contribution >= 4 is 23.3 Å². The molecule has 1 aromatic carbocycles. The van der Waals surface area contributed by atoms with Gasteiger partial charge in [0.25, 0.3) is 5.56 Å². The monoisotopic (exact) mass is 368 g/mol. The summed E-state index contributed by atoms with van der Waals surface area (Å²) in [5.41, 5.74) is 1.01. The molecule has 2 aromatic rings. The van der Waals surface area contributed by atoms with Crippen LogP contribution in [0.1, 0.15) is 31.4 Å². The number of nitrogens with zero attached hydrogens (tertiary/aromatic N) is 1. The molecule has 1 fully saturated rings. The largest absolute Gasteiger partial charge is 0.352 e. The van der Waals surface area contributed by atoms with E-state index >= 15 is 0 Å². The Kier molecular flexibility index (Phi) is 5.90. The summed E-state index contributed by atoms with van der Waals surface area (Å²) in [6, 6.07) is 11.9. The van der Waals surface area contributed by atoms with Gasteiger partial charge in [0.15, 0.2) is 0 Å². The minimum atomic E-state index is -0.510. The first-order chi connectivity index (χ1) is 13.0. The molecule has 1 saturated carbocycles. The average molecular weight is 368 g/mol. The Balaban J connectivity index is 1.68. The third kappa shape index (κ3) is 4.97. The van der Waals surface area contributed by atoms with Crippen molar-refractivity contribution in [1.82, 2.24) is 9.88 Å². The molecule has 0 saturated heterocycles. The fourth-order valence-corrected chi connectivity index (χ4v) is 3.26. The molecule has 0 atom stereocenters. The molecule has 0 radical (unpaired) electrons. The molecule has 7 heteroatoms. The van der Waals surface area contributed by atoms with Gasteiger partial charge in [0, 0.05) is 17.4 Å². The second-order valence-electron chi connectivity index (χ2n) is 6.77. The van der Waals surface area contributed by atoms with Gasteiger partial charge in [0.2, 0.25) is 5.91 Å². The molecular formula is C20H24N4O3. The van der Waals surface area contributed by atoms with E-state index < -0.39 is 11.6 Å². The van der Waals surface area contributed by atoms with Crippen LogP contribution in [0.25, 0.3) is 0 Å². The summed E-state index contributed by atoms with van der Waals surface area (Å²) in [6.45, 7) is 1.70. The van der Waals surface area contributed by atoms with Gasteiger partial charge in [0.05, 0.1) is 0 Å². The van der Waals surface area contributed by atoms with Crippen LogP contribution in [0.4, 0.5) is 16.2 Å². The lowest BCUT2D eigenvalue weighted by molar-refractivity contribution is -0.122. The maximum atomic E-state index is 12.7. The van der Waals surface area contributed by atoms with E-state index in [1.54, 1.807) is 43.3 Å². The molecule has 7 nitrogen and oxygen atoms in total. The molecule has 0 spiro atoms. The van der Waals surface area contributed by atoms with E-state index in [4.69, 9.17) is 0 Å².